The van der Waals surface area contributed by atoms with Crippen molar-refractivity contribution in [2.45, 2.75) is 26.9 Å². The maximum absolute atomic E-state index is 12.6. The molecule has 2 aromatic carbocycles. The highest BCUT2D eigenvalue weighted by atomic mass is 16.3. The van der Waals surface area contributed by atoms with Crippen LogP contribution in [-0.4, -0.2) is 38.8 Å². The molecule has 0 aliphatic heterocycles. The number of nitrogens with zero attached hydrogens (tertiary/aromatic N) is 3. The van der Waals surface area contributed by atoms with Gasteiger partial charge in [0, 0.05) is 13.1 Å². The van der Waals surface area contributed by atoms with Crippen LogP contribution in [0.4, 0.5) is 0 Å². The van der Waals surface area contributed by atoms with Crippen molar-refractivity contribution < 1.29 is 9.90 Å². The highest BCUT2D eigenvalue weighted by Crippen LogP contribution is 2.18. The normalized spacial score (nSPS) is 11.0. The number of para-hydroxylation sites is 1. The minimum Gasteiger partial charge on any atom is -0.504 e. The van der Waals surface area contributed by atoms with E-state index in [0.29, 0.717) is 6.54 Å². The van der Waals surface area contributed by atoms with Crippen LogP contribution < -0.4 is 5.32 Å². The number of hydrogen-bond acceptors (Lipinski definition) is 4. The van der Waals surface area contributed by atoms with Crippen LogP contribution in [0.5, 0.6) is 5.75 Å². The van der Waals surface area contributed by atoms with Crippen LogP contribution in [0.1, 0.15) is 35.5 Å². The van der Waals surface area contributed by atoms with Crippen LogP contribution in [0, 0.1) is 0 Å². The van der Waals surface area contributed by atoms with E-state index in [1.165, 1.54) is 16.4 Å². The van der Waals surface area contributed by atoms with E-state index in [0.717, 1.165) is 30.9 Å². The summed E-state index contributed by atoms with van der Waals surface area (Å²) in [6.45, 7) is 7.45. The van der Waals surface area contributed by atoms with E-state index in [1.807, 2.05) is 48.5 Å². The summed E-state index contributed by atoms with van der Waals surface area (Å²) in [4.78, 5) is 14.9. The third-order valence-electron chi connectivity index (χ3n) is 4.78. The van der Waals surface area contributed by atoms with Crippen molar-refractivity contribution in [3.8, 4) is 11.4 Å². The summed E-state index contributed by atoms with van der Waals surface area (Å²) in [6, 6.07) is 17.4. The largest absolute Gasteiger partial charge is 0.504 e. The summed E-state index contributed by atoms with van der Waals surface area (Å²) in [6.07, 6.45) is 1.44. The molecule has 0 aliphatic carbocycles. The van der Waals surface area contributed by atoms with E-state index in [9.17, 15) is 9.90 Å². The molecule has 0 atom stereocenters. The molecule has 0 bridgehead atoms. The molecule has 0 fully saturated rings. The van der Waals surface area contributed by atoms with Gasteiger partial charge in [-0.15, -0.1) is 0 Å². The molecule has 1 amide bonds. The highest BCUT2D eigenvalue weighted by molar-refractivity contribution is 5.94. The van der Waals surface area contributed by atoms with Crippen molar-refractivity contribution in [3.05, 3.63) is 77.6 Å². The number of hydrogen-bond donors (Lipinski definition) is 2. The molecule has 0 aliphatic rings. The standard InChI is InChI=1S/C22H26N4O2/c1-3-25(4-2)15-18-11-9-8-10-17(18)14-23-22(28)21-20(27)16-26(24-21)19-12-6-5-7-13-19/h5-13,16,27H,3-4,14-15H2,1-2H3,(H,23,28). The number of benzene rings is 2. The van der Waals surface area contributed by atoms with Gasteiger partial charge in [-0.05, 0) is 36.3 Å². The van der Waals surface area contributed by atoms with Gasteiger partial charge in [-0.3, -0.25) is 9.69 Å². The fourth-order valence-electron chi connectivity index (χ4n) is 3.07. The number of aromatic hydroxyl groups is 1. The molecule has 0 spiro atoms. The molecule has 0 saturated heterocycles. The Hall–Kier alpha value is -3.12. The van der Waals surface area contributed by atoms with Gasteiger partial charge in [-0.1, -0.05) is 56.3 Å². The minimum atomic E-state index is -0.398. The fourth-order valence-corrected chi connectivity index (χ4v) is 3.07. The van der Waals surface area contributed by atoms with E-state index in [2.05, 4.69) is 35.2 Å². The summed E-state index contributed by atoms with van der Waals surface area (Å²) in [5.41, 5.74) is 3.04. The van der Waals surface area contributed by atoms with Crippen LogP contribution in [-0.2, 0) is 13.1 Å². The SMILES string of the molecule is CCN(CC)Cc1ccccc1CNC(=O)c1nn(-c2ccccc2)cc1O. The van der Waals surface area contributed by atoms with Crippen LogP contribution in [0.2, 0.25) is 0 Å². The smallest absolute Gasteiger partial charge is 0.275 e. The fraction of sp³-hybridized carbons (Fsp3) is 0.273. The Morgan fingerprint density at radius 2 is 1.68 bits per heavy atom. The Balaban J connectivity index is 1.71. The summed E-state index contributed by atoms with van der Waals surface area (Å²) in [5, 5.41) is 17.3. The summed E-state index contributed by atoms with van der Waals surface area (Å²) in [5.74, 6) is -0.539. The maximum Gasteiger partial charge on any atom is 0.275 e. The topological polar surface area (TPSA) is 70.4 Å². The molecule has 3 rings (SSSR count). The van der Waals surface area contributed by atoms with Gasteiger partial charge in [0.2, 0.25) is 0 Å². The van der Waals surface area contributed by atoms with Gasteiger partial charge in [0.05, 0.1) is 11.9 Å². The zero-order valence-electron chi connectivity index (χ0n) is 16.3. The van der Waals surface area contributed by atoms with Crippen LogP contribution in [0.3, 0.4) is 0 Å². The Kier molecular flexibility index (Phi) is 6.45. The third kappa shape index (κ3) is 4.58. The van der Waals surface area contributed by atoms with Gasteiger partial charge in [0.15, 0.2) is 11.4 Å². The van der Waals surface area contributed by atoms with Crippen molar-refractivity contribution in [2.24, 2.45) is 0 Å². The zero-order valence-corrected chi connectivity index (χ0v) is 16.3. The predicted molar refractivity (Wildman–Crippen MR) is 109 cm³/mol. The van der Waals surface area contributed by atoms with Crippen LogP contribution in [0.25, 0.3) is 5.69 Å². The monoisotopic (exact) mass is 378 g/mol. The summed E-state index contributed by atoms with van der Waals surface area (Å²) >= 11 is 0. The molecule has 6 nitrogen and oxygen atoms in total. The van der Waals surface area contributed by atoms with Crippen molar-refractivity contribution in [2.75, 3.05) is 13.1 Å². The Labute approximate surface area is 165 Å². The van der Waals surface area contributed by atoms with Gasteiger partial charge in [-0.25, -0.2) is 4.68 Å². The Morgan fingerprint density at radius 3 is 2.36 bits per heavy atom. The van der Waals surface area contributed by atoms with Crippen LogP contribution >= 0.6 is 0 Å². The quantitative estimate of drug-likeness (QED) is 0.631. The molecule has 0 saturated carbocycles. The first-order valence-corrected chi connectivity index (χ1v) is 9.53. The molecular formula is C22H26N4O2. The first kappa shape index (κ1) is 19.6. The van der Waals surface area contributed by atoms with Gasteiger partial charge in [-0.2, -0.15) is 5.10 Å². The lowest BCUT2D eigenvalue weighted by Crippen LogP contribution is -2.26. The number of carbonyl (C=O) groups excluding carboxylic acids is 1. The van der Waals surface area contributed by atoms with Gasteiger partial charge in [0.25, 0.3) is 5.91 Å². The second kappa shape index (κ2) is 9.19. The predicted octanol–water partition coefficient (Wildman–Crippen LogP) is 3.35. The Bertz CT molecular complexity index is 917. The summed E-state index contributed by atoms with van der Waals surface area (Å²) in [7, 11) is 0. The molecule has 1 heterocycles. The van der Waals surface area contributed by atoms with Crippen molar-refractivity contribution >= 4 is 5.91 Å². The van der Waals surface area contributed by atoms with Gasteiger partial charge in [0.1, 0.15) is 0 Å². The first-order chi connectivity index (χ1) is 13.6. The zero-order chi connectivity index (χ0) is 19.9. The van der Waals surface area contributed by atoms with E-state index in [-0.39, 0.29) is 11.4 Å². The molecule has 2 N–H and O–H groups in total. The molecular weight excluding hydrogens is 352 g/mol. The van der Waals surface area contributed by atoms with Crippen molar-refractivity contribution in [3.63, 3.8) is 0 Å². The molecule has 28 heavy (non-hydrogen) atoms. The molecule has 1 aromatic heterocycles. The minimum absolute atomic E-state index is 0.0186. The lowest BCUT2D eigenvalue weighted by molar-refractivity contribution is 0.0942. The molecule has 3 aromatic rings. The molecule has 146 valence electrons. The maximum atomic E-state index is 12.6. The van der Waals surface area contributed by atoms with E-state index in [4.69, 9.17) is 0 Å². The number of nitrogens with one attached hydrogen (secondary N) is 1. The number of aromatic nitrogens is 2. The summed E-state index contributed by atoms with van der Waals surface area (Å²) < 4.78 is 1.50. The van der Waals surface area contributed by atoms with Crippen LogP contribution in [0.15, 0.2) is 60.8 Å². The average molecular weight is 378 g/mol. The second-order valence-corrected chi connectivity index (χ2v) is 6.56. The third-order valence-corrected chi connectivity index (χ3v) is 4.78. The van der Waals surface area contributed by atoms with E-state index < -0.39 is 5.91 Å². The second-order valence-electron chi connectivity index (χ2n) is 6.56. The number of amides is 1. The van der Waals surface area contributed by atoms with Gasteiger partial charge < -0.3 is 10.4 Å². The molecule has 6 heteroatoms. The molecule has 0 unspecified atom stereocenters. The highest BCUT2D eigenvalue weighted by Gasteiger charge is 2.17. The van der Waals surface area contributed by atoms with Crippen molar-refractivity contribution in [1.29, 1.82) is 0 Å². The van der Waals surface area contributed by atoms with Crippen molar-refractivity contribution in [1.82, 2.24) is 20.0 Å². The van der Waals surface area contributed by atoms with E-state index >= 15 is 0 Å². The van der Waals surface area contributed by atoms with Gasteiger partial charge >= 0.3 is 0 Å². The lowest BCUT2D eigenvalue weighted by Gasteiger charge is -2.20. The van der Waals surface area contributed by atoms with E-state index in [1.54, 1.807) is 0 Å². The average Bonchev–Trinajstić information content (AvgIpc) is 3.13. The first-order valence-electron chi connectivity index (χ1n) is 9.53. The number of carbonyl (C=O) groups is 1. The lowest BCUT2D eigenvalue weighted by atomic mass is 10.1. The Morgan fingerprint density at radius 1 is 1.04 bits per heavy atom. The molecule has 0 radical (unpaired) electrons. The number of rotatable bonds is 8.